The van der Waals surface area contributed by atoms with E-state index < -0.39 is 0 Å². The second kappa shape index (κ2) is 7.19. The fraction of sp³-hybridized carbons (Fsp3) is 0.0435. The van der Waals surface area contributed by atoms with Gasteiger partial charge in [0.05, 0.1) is 5.52 Å². The van der Waals surface area contributed by atoms with Gasteiger partial charge in [0.1, 0.15) is 0 Å². The van der Waals surface area contributed by atoms with E-state index in [-0.39, 0.29) is 5.91 Å². The van der Waals surface area contributed by atoms with Crippen LogP contribution in [0.1, 0.15) is 11.1 Å². The number of carbonyl (C=O) groups excluding carboxylic acids is 1. The first-order chi connectivity index (χ1) is 12.8. The minimum atomic E-state index is -0.120. The number of rotatable bonds is 4. The maximum atomic E-state index is 12.2. The predicted octanol–water partition coefficient (Wildman–Crippen LogP) is 4.72. The number of aromatic nitrogens is 1. The van der Waals surface area contributed by atoms with Crippen LogP contribution in [0.3, 0.4) is 0 Å². The molecule has 3 nitrogen and oxygen atoms in total. The van der Waals surface area contributed by atoms with E-state index >= 15 is 0 Å². The van der Waals surface area contributed by atoms with Crippen molar-refractivity contribution in [1.29, 1.82) is 0 Å². The smallest absolute Gasteiger partial charge is 0.244 e. The van der Waals surface area contributed by atoms with Crippen LogP contribution in [0.5, 0.6) is 0 Å². The van der Waals surface area contributed by atoms with Crippen LogP contribution in [0.15, 0.2) is 85.1 Å². The van der Waals surface area contributed by atoms with Gasteiger partial charge in [0.15, 0.2) is 0 Å². The Morgan fingerprint density at radius 3 is 2.62 bits per heavy atom. The van der Waals surface area contributed by atoms with Gasteiger partial charge in [-0.2, -0.15) is 0 Å². The van der Waals surface area contributed by atoms with Gasteiger partial charge in [-0.05, 0) is 28.5 Å². The van der Waals surface area contributed by atoms with Crippen LogP contribution < -0.4 is 5.32 Å². The van der Waals surface area contributed by atoms with Crippen LogP contribution in [-0.2, 0) is 11.3 Å². The van der Waals surface area contributed by atoms with E-state index in [4.69, 9.17) is 0 Å². The maximum Gasteiger partial charge on any atom is 0.244 e. The Morgan fingerprint density at radius 2 is 1.65 bits per heavy atom. The number of hydrogen-bond acceptors (Lipinski definition) is 2. The van der Waals surface area contributed by atoms with Crippen molar-refractivity contribution in [2.75, 3.05) is 0 Å². The van der Waals surface area contributed by atoms with Crippen LogP contribution in [0.2, 0.25) is 0 Å². The highest BCUT2D eigenvalue weighted by Crippen LogP contribution is 2.19. The molecule has 0 radical (unpaired) electrons. The summed E-state index contributed by atoms with van der Waals surface area (Å²) >= 11 is 0. The van der Waals surface area contributed by atoms with Crippen LogP contribution >= 0.6 is 0 Å². The van der Waals surface area contributed by atoms with Gasteiger partial charge in [-0.3, -0.25) is 9.78 Å². The molecule has 3 heteroatoms. The number of benzene rings is 3. The van der Waals surface area contributed by atoms with Crippen molar-refractivity contribution in [3.05, 3.63) is 96.2 Å². The summed E-state index contributed by atoms with van der Waals surface area (Å²) in [6, 6.07) is 24.2. The molecule has 0 saturated heterocycles. The molecule has 0 atom stereocenters. The van der Waals surface area contributed by atoms with E-state index in [9.17, 15) is 4.79 Å². The number of nitrogens with zero attached hydrogens (tertiary/aromatic N) is 1. The lowest BCUT2D eigenvalue weighted by Gasteiger charge is -2.07. The lowest BCUT2D eigenvalue weighted by molar-refractivity contribution is -0.116. The van der Waals surface area contributed by atoms with Crippen LogP contribution in [0.25, 0.3) is 27.8 Å². The summed E-state index contributed by atoms with van der Waals surface area (Å²) < 4.78 is 0. The third-order valence-corrected chi connectivity index (χ3v) is 4.41. The molecule has 1 N–H and O–H groups in total. The third kappa shape index (κ3) is 3.33. The highest BCUT2D eigenvalue weighted by molar-refractivity contribution is 5.95. The lowest BCUT2D eigenvalue weighted by Crippen LogP contribution is -2.20. The zero-order valence-corrected chi connectivity index (χ0v) is 14.2. The van der Waals surface area contributed by atoms with E-state index in [1.807, 2.05) is 60.7 Å². The lowest BCUT2D eigenvalue weighted by atomic mass is 10.0. The molecule has 26 heavy (non-hydrogen) atoms. The number of nitrogens with one attached hydrogen (secondary N) is 1. The van der Waals surface area contributed by atoms with E-state index in [2.05, 4.69) is 28.5 Å². The van der Waals surface area contributed by atoms with Gasteiger partial charge < -0.3 is 5.32 Å². The molecule has 0 aliphatic heterocycles. The number of para-hydroxylation sites is 1. The van der Waals surface area contributed by atoms with Crippen molar-refractivity contribution in [1.82, 2.24) is 10.3 Å². The van der Waals surface area contributed by atoms with Crippen molar-refractivity contribution in [3.8, 4) is 0 Å². The molecule has 0 saturated carbocycles. The highest BCUT2D eigenvalue weighted by atomic mass is 16.1. The summed E-state index contributed by atoms with van der Waals surface area (Å²) in [6.07, 6.45) is 5.14. The zero-order chi connectivity index (χ0) is 17.8. The third-order valence-electron chi connectivity index (χ3n) is 4.41. The number of hydrogen-bond donors (Lipinski definition) is 1. The normalized spacial score (nSPS) is 11.2. The molecular weight excluding hydrogens is 320 g/mol. The van der Waals surface area contributed by atoms with E-state index in [0.29, 0.717) is 6.54 Å². The minimum Gasteiger partial charge on any atom is -0.348 e. The largest absolute Gasteiger partial charge is 0.348 e. The SMILES string of the molecule is O=C(/C=C/c1cccc2cccnc12)NCc1cccc2ccccc12. The van der Waals surface area contributed by atoms with E-state index in [0.717, 1.165) is 27.4 Å². The molecule has 4 aromatic rings. The molecular formula is C23H18N2O. The first-order valence-corrected chi connectivity index (χ1v) is 8.57. The Morgan fingerprint density at radius 1 is 0.885 bits per heavy atom. The van der Waals surface area contributed by atoms with Gasteiger partial charge in [0.2, 0.25) is 5.91 Å². The summed E-state index contributed by atoms with van der Waals surface area (Å²) in [5, 5.41) is 6.37. The average Bonchev–Trinajstić information content (AvgIpc) is 2.70. The van der Waals surface area contributed by atoms with Crippen LogP contribution in [-0.4, -0.2) is 10.9 Å². The standard InChI is InChI=1S/C23H18N2O/c26-22(14-13-19-9-4-8-18-11-5-15-24-23(18)19)25-16-20-10-3-7-17-6-1-2-12-21(17)20/h1-15H,16H2,(H,25,26)/b14-13+. The van der Waals surface area contributed by atoms with E-state index in [1.54, 1.807) is 12.3 Å². The zero-order valence-electron chi connectivity index (χ0n) is 14.2. The Labute approximate surface area is 152 Å². The molecule has 3 aromatic carbocycles. The van der Waals surface area contributed by atoms with Crippen molar-refractivity contribution >= 4 is 33.7 Å². The Kier molecular flexibility index (Phi) is 4.44. The molecule has 126 valence electrons. The second-order valence-corrected chi connectivity index (χ2v) is 6.11. The van der Waals surface area contributed by atoms with Gasteiger partial charge in [-0.15, -0.1) is 0 Å². The van der Waals surface area contributed by atoms with Gasteiger partial charge in [-0.25, -0.2) is 0 Å². The molecule has 0 aliphatic carbocycles. The maximum absolute atomic E-state index is 12.2. The Balaban J connectivity index is 1.49. The molecule has 0 bridgehead atoms. The first kappa shape index (κ1) is 16.0. The molecule has 1 amide bonds. The highest BCUT2D eigenvalue weighted by Gasteiger charge is 2.03. The average molecular weight is 338 g/mol. The summed E-state index contributed by atoms with van der Waals surface area (Å²) in [7, 11) is 0. The molecule has 4 rings (SSSR count). The fourth-order valence-corrected chi connectivity index (χ4v) is 3.12. The number of carbonyl (C=O) groups is 1. The van der Waals surface area contributed by atoms with Crippen molar-refractivity contribution in [2.45, 2.75) is 6.54 Å². The quantitative estimate of drug-likeness (QED) is 0.547. The number of amides is 1. The summed E-state index contributed by atoms with van der Waals surface area (Å²) in [5.41, 5.74) is 2.94. The Hall–Kier alpha value is -3.46. The molecule has 0 aliphatic rings. The van der Waals surface area contributed by atoms with Crippen molar-refractivity contribution in [3.63, 3.8) is 0 Å². The first-order valence-electron chi connectivity index (χ1n) is 8.57. The second-order valence-electron chi connectivity index (χ2n) is 6.11. The Bertz CT molecular complexity index is 1100. The van der Waals surface area contributed by atoms with Crippen LogP contribution in [0.4, 0.5) is 0 Å². The minimum absolute atomic E-state index is 0.120. The molecule has 1 aromatic heterocycles. The number of pyridine rings is 1. The fourth-order valence-electron chi connectivity index (χ4n) is 3.12. The summed E-state index contributed by atoms with van der Waals surface area (Å²) in [4.78, 5) is 16.6. The molecule has 0 unspecified atom stereocenters. The van der Waals surface area contributed by atoms with Crippen molar-refractivity contribution in [2.24, 2.45) is 0 Å². The van der Waals surface area contributed by atoms with E-state index in [1.165, 1.54) is 5.39 Å². The van der Waals surface area contributed by atoms with Gasteiger partial charge in [0.25, 0.3) is 0 Å². The monoisotopic (exact) mass is 338 g/mol. The molecule has 1 heterocycles. The predicted molar refractivity (Wildman–Crippen MR) is 107 cm³/mol. The van der Waals surface area contributed by atoms with Crippen LogP contribution in [0, 0.1) is 0 Å². The van der Waals surface area contributed by atoms with Crippen molar-refractivity contribution < 1.29 is 4.79 Å². The van der Waals surface area contributed by atoms with Gasteiger partial charge >= 0.3 is 0 Å². The number of fused-ring (bicyclic) bond motifs is 2. The molecule has 0 spiro atoms. The summed E-state index contributed by atoms with van der Waals surface area (Å²) in [6.45, 7) is 0.498. The molecule has 0 fully saturated rings. The topological polar surface area (TPSA) is 42.0 Å². The summed E-state index contributed by atoms with van der Waals surface area (Å²) in [5.74, 6) is -0.120. The van der Waals surface area contributed by atoms with Gasteiger partial charge in [0, 0.05) is 29.8 Å². The van der Waals surface area contributed by atoms with Gasteiger partial charge in [-0.1, -0.05) is 66.7 Å².